The molecule has 0 aromatic heterocycles. The number of hydrogen-bond donors (Lipinski definition) is 1. The SMILES string of the molecule is Cc1ccc(O)c(C(C)CC=O)c1F. The van der Waals surface area contributed by atoms with Gasteiger partial charge in [-0.15, -0.1) is 0 Å². The van der Waals surface area contributed by atoms with Gasteiger partial charge < -0.3 is 9.90 Å². The monoisotopic (exact) mass is 196 g/mol. The van der Waals surface area contributed by atoms with Crippen molar-refractivity contribution in [3.05, 3.63) is 29.1 Å². The number of aromatic hydroxyl groups is 1. The summed E-state index contributed by atoms with van der Waals surface area (Å²) in [4.78, 5) is 10.3. The summed E-state index contributed by atoms with van der Waals surface area (Å²) in [6.45, 7) is 3.35. The summed E-state index contributed by atoms with van der Waals surface area (Å²) >= 11 is 0. The van der Waals surface area contributed by atoms with E-state index in [1.807, 2.05) is 0 Å². The first kappa shape index (κ1) is 10.7. The van der Waals surface area contributed by atoms with Crippen molar-refractivity contribution < 1.29 is 14.3 Å². The molecule has 0 aliphatic carbocycles. The molecule has 0 radical (unpaired) electrons. The van der Waals surface area contributed by atoms with Gasteiger partial charge in [0.25, 0.3) is 0 Å². The number of phenolic OH excluding ortho intramolecular Hbond substituents is 1. The summed E-state index contributed by atoms with van der Waals surface area (Å²) in [6, 6.07) is 2.97. The van der Waals surface area contributed by atoms with Crippen molar-refractivity contribution in [2.24, 2.45) is 0 Å². The molecule has 1 atom stereocenters. The van der Waals surface area contributed by atoms with Crippen LogP contribution >= 0.6 is 0 Å². The van der Waals surface area contributed by atoms with Crippen molar-refractivity contribution in [3.63, 3.8) is 0 Å². The van der Waals surface area contributed by atoms with Gasteiger partial charge in [-0.2, -0.15) is 0 Å². The third-order valence-corrected chi connectivity index (χ3v) is 2.29. The van der Waals surface area contributed by atoms with Crippen LogP contribution in [0.4, 0.5) is 4.39 Å². The standard InChI is InChI=1S/C11H13FO2/c1-7(5-6-13)10-9(14)4-3-8(2)11(10)12/h3-4,6-7,14H,5H2,1-2H3. The number of aldehydes is 1. The zero-order valence-electron chi connectivity index (χ0n) is 8.25. The highest BCUT2D eigenvalue weighted by Gasteiger charge is 2.16. The van der Waals surface area contributed by atoms with Gasteiger partial charge in [-0.05, 0) is 24.5 Å². The van der Waals surface area contributed by atoms with Gasteiger partial charge in [0.2, 0.25) is 0 Å². The minimum atomic E-state index is -0.417. The average molecular weight is 196 g/mol. The molecular formula is C11H13FO2. The van der Waals surface area contributed by atoms with Crippen molar-refractivity contribution >= 4 is 6.29 Å². The first-order valence-corrected chi connectivity index (χ1v) is 4.49. The van der Waals surface area contributed by atoms with E-state index in [0.717, 1.165) is 6.29 Å². The number of rotatable bonds is 3. The summed E-state index contributed by atoms with van der Waals surface area (Å²) in [7, 11) is 0. The minimum absolute atomic E-state index is 0.0811. The fourth-order valence-electron chi connectivity index (χ4n) is 1.42. The molecule has 0 fully saturated rings. The Labute approximate surface area is 82.4 Å². The van der Waals surface area contributed by atoms with Crippen LogP contribution < -0.4 is 0 Å². The summed E-state index contributed by atoms with van der Waals surface area (Å²) in [5, 5.41) is 9.46. The molecule has 0 amide bonds. The molecule has 0 bridgehead atoms. The van der Waals surface area contributed by atoms with Crippen LogP contribution in [0.15, 0.2) is 12.1 Å². The van der Waals surface area contributed by atoms with Crippen LogP contribution in [0.5, 0.6) is 5.75 Å². The number of benzene rings is 1. The van der Waals surface area contributed by atoms with E-state index in [1.165, 1.54) is 12.1 Å². The van der Waals surface area contributed by atoms with Crippen molar-refractivity contribution in [1.29, 1.82) is 0 Å². The number of halogens is 1. The van der Waals surface area contributed by atoms with Crippen LogP contribution in [0.2, 0.25) is 0 Å². The van der Waals surface area contributed by atoms with Crippen LogP contribution in [0.1, 0.15) is 30.4 Å². The maximum absolute atomic E-state index is 13.6. The van der Waals surface area contributed by atoms with E-state index in [9.17, 15) is 14.3 Å². The van der Waals surface area contributed by atoms with Gasteiger partial charge in [0, 0.05) is 12.0 Å². The molecule has 0 saturated heterocycles. The minimum Gasteiger partial charge on any atom is -0.508 e. The number of carbonyl (C=O) groups excluding carboxylic acids is 1. The van der Waals surface area contributed by atoms with E-state index >= 15 is 0 Å². The van der Waals surface area contributed by atoms with Crippen molar-refractivity contribution in [2.75, 3.05) is 0 Å². The normalized spacial score (nSPS) is 12.5. The lowest BCUT2D eigenvalue weighted by Crippen LogP contribution is -2.00. The Hall–Kier alpha value is -1.38. The number of phenols is 1. The van der Waals surface area contributed by atoms with Gasteiger partial charge >= 0.3 is 0 Å². The molecule has 1 rings (SSSR count). The zero-order valence-corrected chi connectivity index (χ0v) is 8.25. The molecule has 2 nitrogen and oxygen atoms in total. The lowest BCUT2D eigenvalue weighted by atomic mass is 9.95. The highest BCUT2D eigenvalue weighted by atomic mass is 19.1. The smallest absolute Gasteiger partial charge is 0.133 e. The first-order chi connectivity index (χ1) is 6.57. The van der Waals surface area contributed by atoms with Crippen LogP contribution in [0.25, 0.3) is 0 Å². The summed E-state index contributed by atoms with van der Waals surface area (Å²) in [6.07, 6.45) is 0.944. The maximum atomic E-state index is 13.6. The van der Waals surface area contributed by atoms with Gasteiger partial charge in [-0.25, -0.2) is 4.39 Å². The highest BCUT2D eigenvalue weighted by molar-refractivity contribution is 5.53. The van der Waals surface area contributed by atoms with Gasteiger partial charge in [-0.3, -0.25) is 0 Å². The lowest BCUT2D eigenvalue weighted by molar-refractivity contribution is -0.108. The first-order valence-electron chi connectivity index (χ1n) is 4.49. The Balaban J connectivity index is 3.17. The van der Waals surface area contributed by atoms with Crippen molar-refractivity contribution in [1.82, 2.24) is 0 Å². The third-order valence-electron chi connectivity index (χ3n) is 2.29. The Morgan fingerprint density at radius 2 is 2.21 bits per heavy atom. The van der Waals surface area contributed by atoms with Crippen LogP contribution in [0.3, 0.4) is 0 Å². The molecule has 76 valence electrons. The van der Waals surface area contributed by atoms with Crippen LogP contribution in [0, 0.1) is 12.7 Å². The molecular weight excluding hydrogens is 183 g/mol. The molecule has 1 N–H and O–H groups in total. The Bertz CT molecular complexity index is 347. The molecule has 14 heavy (non-hydrogen) atoms. The average Bonchev–Trinajstić information content (AvgIpc) is 2.13. The predicted molar refractivity (Wildman–Crippen MR) is 51.9 cm³/mol. The van der Waals surface area contributed by atoms with E-state index < -0.39 is 5.82 Å². The molecule has 1 aromatic carbocycles. The zero-order chi connectivity index (χ0) is 10.7. The molecule has 0 heterocycles. The quantitative estimate of drug-likeness (QED) is 0.754. The summed E-state index contributed by atoms with van der Waals surface area (Å²) < 4.78 is 13.6. The summed E-state index contributed by atoms with van der Waals surface area (Å²) in [5.41, 5.74) is 0.715. The molecule has 1 unspecified atom stereocenters. The Morgan fingerprint density at radius 3 is 2.79 bits per heavy atom. The number of aryl methyl sites for hydroxylation is 1. The van der Waals surface area contributed by atoms with Crippen molar-refractivity contribution in [2.45, 2.75) is 26.2 Å². The molecule has 0 aliphatic rings. The number of carbonyl (C=O) groups is 1. The second-order valence-electron chi connectivity index (χ2n) is 3.43. The molecule has 0 saturated carbocycles. The molecule has 0 aliphatic heterocycles. The third kappa shape index (κ3) is 1.92. The maximum Gasteiger partial charge on any atom is 0.133 e. The van der Waals surface area contributed by atoms with Crippen molar-refractivity contribution in [3.8, 4) is 5.75 Å². The molecule has 3 heteroatoms. The summed E-state index contributed by atoms with van der Waals surface area (Å²) in [5.74, 6) is -0.783. The van der Waals surface area contributed by atoms with E-state index in [2.05, 4.69) is 0 Å². The van der Waals surface area contributed by atoms with Gasteiger partial charge in [0.1, 0.15) is 17.9 Å². The van der Waals surface area contributed by atoms with Gasteiger partial charge in [0.05, 0.1) is 0 Å². The fraction of sp³-hybridized carbons (Fsp3) is 0.364. The predicted octanol–water partition coefficient (Wildman–Crippen LogP) is 2.53. The van der Waals surface area contributed by atoms with E-state index in [4.69, 9.17) is 0 Å². The number of hydrogen-bond acceptors (Lipinski definition) is 2. The Morgan fingerprint density at radius 1 is 1.57 bits per heavy atom. The lowest BCUT2D eigenvalue weighted by Gasteiger charge is -2.13. The highest BCUT2D eigenvalue weighted by Crippen LogP contribution is 2.31. The van der Waals surface area contributed by atoms with E-state index in [-0.39, 0.29) is 23.7 Å². The van der Waals surface area contributed by atoms with E-state index in [1.54, 1.807) is 13.8 Å². The topological polar surface area (TPSA) is 37.3 Å². The van der Waals surface area contributed by atoms with Gasteiger partial charge in [-0.1, -0.05) is 13.0 Å². The Kier molecular flexibility index (Phi) is 3.23. The fourth-order valence-corrected chi connectivity index (χ4v) is 1.42. The second-order valence-corrected chi connectivity index (χ2v) is 3.43. The second kappa shape index (κ2) is 4.22. The van der Waals surface area contributed by atoms with Crippen LogP contribution in [-0.2, 0) is 4.79 Å². The largest absolute Gasteiger partial charge is 0.508 e. The van der Waals surface area contributed by atoms with Crippen LogP contribution in [-0.4, -0.2) is 11.4 Å². The molecule has 1 aromatic rings. The molecule has 0 spiro atoms. The van der Waals surface area contributed by atoms with Gasteiger partial charge in [0.15, 0.2) is 0 Å². The van der Waals surface area contributed by atoms with E-state index in [0.29, 0.717) is 5.56 Å².